The molecule has 188 valence electrons. The van der Waals surface area contributed by atoms with Gasteiger partial charge in [0, 0.05) is 36.7 Å². The number of nitrogens with zero attached hydrogens (tertiary/aromatic N) is 3. The van der Waals surface area contributed by atoms with Crippen molar-refractivity contribution in [2.45, 2.75) is 38.8 Å². The molecule has 2 aromatic carbocycles. The number of ether oxygens (including phenoxy) is 2. The molecule has 0 aromatic heterocycles. The molecule has 1 aliphatic rings. The van der Waals surface area contributed by atoms with Crippen LogP contribution in [-0.4, -0.2) is 67.0 Å². The first kappa shape index (κ1) is 26.2. The number of urea groups is 1. The van der Waals surface area contributed by atoms with E-state index in [1.807, 2.05) is 45.0 Å². The van der Waals surface area contributed by atoms with Crippen LogP contribution in [0.25, 0.3) is 0 Å². The number of benzene rings is 2. The molecule has 0 bridgehead atoms. The van der Waals surface area contributed by atoms with Crippen LogP contribution in [0.1, 0.15) is 44.4 Å². The number of hydrogen-bond donors (Lipinski definition) is 1. The minimum absolute atomic E-state index is 0.217. The van der Waals surface area contributed by atoms with Gasteiger partial charge >= 0.3 is 6.03 Å². The van der Waals surface area contributed by atoms with Gasteiger partial charge in [-0.05, 0) is 39.0 Å². The highest BCUT2D eigenvalue weighted by Gasteiger charge is 2.36. The van der Waals surface area contributed by atoms with Gasteiger partial charge in [-0.2, -0.15) is 5.10 Å². The van der Waals surface area contributed by atoms with Crippen molar-refractivity contribution in [3.05, 3.63) is 65.5 Å². The monoisotopic (exact) mass is 484 g/mol. The summed E-state index contributed by atoms with van der Waals surface area (Å²) >= 11 is 0. The quantitative estimate of drug-likeness (QED) is 0.615. The summed E-state index contributed by atoms with van der Waals surface area (Å²) < 4.78 is 25.2. The van der Waals surface area contributed by atoms with Crippen molar-refractivity contribution in [1.29, 1.82) is 0 Å². The predicted octanol–water partition coefficient (Wildman–Crippen LogP) is 3.97. The highest BCUT2D eigenvalue weighted by atomic mass is 19.1. The van der Waals surface area contributed by atoms with E-state index in [2.05, 4.69) is 10.4 Å². The number of hydrazone groups is 1. The predicted molar refractivity (Wildman–Crippen MR) is 132 cm³/mol. The van der Waals surface area contributed by atoms with Crippen molar-refractivity contribution in [2.75, 3.05) is 33.9 Å². The van der Waals surface area contributed by atoms with Gasteiger partial charge in [0.1, 0.15) is 18.1 Å². The number of methoxy groups -OCH3 is 2. The fourth-order valence-corrected chi connectivity index (χ4v) is 3.79. The van der Waals surface area contributed by atoms with Crippen LogP contribution < -0.4 is 10.1 Å². The molecule has 2 aromatic rings. The number of nitrogens with one attached hydrogen (secondary N) is 1. The molecule has 1 aliphatic heterocycles. The maximum Gasteiger partial charge on any atom is 0.318 e. The van der Waals surface area contributed by atoms with E-state index in [1.165, 1.54) is 23.1 Å². The summed E-state index contributed by atoms with van der Waals surface area (Å²) in [5.74, 6) is -0.183. The molecule has 9 heteroatoms. The molecule has 0 saturated carbocycles. The van der Waals surface area contributed by atoms with Crippen LogP contribution in [0, 0.1) is 5.82 Å². The topological polar surface area (TPSA) is 83.5 Å². The number of halogens is 1. The average molecular weight is 485 g/mol. The summed E-state index contributed by atoms with van der Waals surface area (Å²) in [5.41, 5.74) is 1.30. The Labute approximate surface area is 205 Å². The lowest BCUT2D eigenvalue weighted by molar-refractivity contribution is -0.133. The van der Waals surface area contributed by atoms with Crippen molar-refractivity contribution >= 4 is 17.6 Å². The Morgan fingerprint density at radius 3 is 2.57 bits per heavy atom. The Hall–Kier alpha value is -3.46. The first-order valence-corrected chi connectivity index (χ1v) is 11.5. The molecule has 0 aliphatic carbocycles. The second-order valence-corrected chi connectivity index (χ2v) is 9.35. The summed E-state index contributed by atoms with van der Waals surface area (Å²) in [6.45, 7) is 5.83. The zero-order valence-corrected chi connectivity index (χ0v) is 20.9. The third-order valence-corrected chi connectivity index (χ3v) is 5.49. The van der Waals surface area contributed by atoms with Crippen LogP contribution in [0.4, 0.5) is 9.18 Å². The number of carbonyl (C=O) groups excluding carboxylic acids is 2. The van der Waals surface area contributed by atoms with E-state index in [0.29, 0.717) is 23.4 Å². The van der Waals surface area contributed by atoms with E-state index in [1.54, 1.807) is 25.3 Å². The summed E-state index contributed by atoms with van der Waals surface area (Å²) in [6.07, 6.45) is 0.325. The van der Waals surface area contributed by atoms with Crippen molar-refractivity contribution < 1.29 is 23.5 Å². The number of rotatable bonds is 8. The minimum atomic E-state index is -0.639. The van der Waals surface area contributed by atoms with Gasteiger partial charge in [0.15, 0.2) is 0 Å². The van der Waals surface area contributed by atoms with E-state index in [-0.39, 0.29) is 25.7 Å². The number of amides is 3. The summed E-state index contributed by atoms with van der Waals surface area (Å²) in [4.78, 5) is 27.7. The van der Waals surface area contributed by atoms with E-state index >= 15 is 0 Å². The molecule has 35 heavy (non-hydrogen) atoms. The Morgan fingerprint density at radius 1 is 1.17 bits per heavy atom. The second-order valence-electron chi connectivity index (χ2n) is 9.35. The molecule has 1 heterocycles. The molecule has 0 radical (unpaired) electrons. The first-order valence-electron chi connectivity index (χ1n) is 11.5. The summed E-state index contributed by atoms with van der Waals surface area (Å²) in [6, 6.07) is 12.7. The normalized spacial score (nSPS) is 15.5. The molecule has 0 saturated heterocycles. The SMILES string of the molecule is COCCN(CC(=O)N1N=C(c2cccc(OC)c2)CC1c1ccccc1F)C(=O)NC(C)(C)C. The highest BCUT2D eigenvalue weighted by Crippen LogP contribution is 2.34. The van der Waals surface area contributed by atoms with Crippen molar-refractivity contribution in [2.24, 2.45) is 5.10 Å². The molecule has 1 N–H and O–H groups in total. The van der Waals surface area contributed by atoms with Gasteiger partial charge in [-0.25, -0.2) is 14.2 Å². The highest BCUT2D eigenvalue weighted by molar-refractivity contribution is 6.03. The molecule has 1 unspecified atom stereocenters. The maximum atomic E-state index is 14.8. The minimum Gasteiger partial charge on any atom is -0.497 e. The van der Waals surface area contributed by atoms with Gasteiger partial charge in [-0.1, -0.05) is 30.3 Å². The Bertz CT molecular complexity index is 1080. The van der Waals surface area contributed by atoms with Crippen molar-refractivity contribution in [3.63, 3.8) is 0 Å². The molecular weight excluding hydrogens is 451 g/mol. The lowest BCUT2D eigenvalue weighted by atomic mass is 9.98. The van der Waals surface area contributed by atoms with Crippen LogP contribution in [0.5, 0.6) is 5.75 Å². The van der Waals surface area contributed by atoms with Crippen LogP contribution in [-0.2, 0) is 9.53 Å². The number of carbonyl (C=O) groups is 2. The lowest BCUT2D eigenvalue weighted by Crippen LogP contribution is -2.52. The fraction of sp³-hybridized carbons (Fsp3) is 0.423. The zero-order valence-electron chi connectivity index (χ0n) is 20.9. The lowest BCUT2D eigenvalue weighted by Gasteiger charge is -2.30. The van der Waals surface area contributed by atoms with E-state index in [0.717, 1.165) is 5.56 Å². The molecule has 8 nitrogen and oxygen atoms in total. The van der Waals surface area contributed by atoms with Gasteiger partial charge in [0.05, 0.1) is 25.5 Å². The standard InChI is InChI=1S/C26H33FN4O4/c1-26(2,3)28-25(33)30(13-14-34-4)17-24(32)31-23(20-11-6-7-12-21(20)27)16-22(29-31)18-9-8-10-19(15-18)35-5/h6-12,15,23H,13-14,16-17H2,1-5H3,(H,28,33). The van der Waals surface area contributed by atoms with Crippen LogP contribution >= 0.6 is 0 Å². The first-order chi connectivity index (χ1) is 16.6. The summed E-state index contributed by atoms with van der Waals surface area (Å²) in [5, 5.41) is 8.75. The third kappa shape index (κ3) is 6.79. The van der Waals surface area contributed by atoms with Gasteiger partial charge in [-0.3, -0.25) is 4.79 Å². The van der Waals surface area contributed by atoms with E-state index in [4.69, 9.17) is 9.47 Å². The van der Waals surface area contributed by atoms with E-state index in [9.17, 15) is 14.0 Å². The van der Waals surface area contributed by atoms with E-state index < -0.39 is 23.3 Å². The Balaban J connectivity index is 1.92. The molecular formula is C26H33FN4O4. The molecule has 0 spiro atoms. The van der Waals surface area contributed by atoms with Crippen LogP contribution in [0.15, 0.2) is 53.6 Å². The fourth-order valence-electron chi connectivity index (χ4n) is 3.79. The van der Waals surface area contributed by atoms with Gasteiger partial charge < -0.3 is 19.7 Å². The Kier molecular flexibility index (Phi) is 8.45. The Morgan fingerprint density at radius 2 is 1.91 bits per heavy atom. The third-order valence-electron chi connectivity index (χ3n) is 5.49. The van der Waals surface area contributed by atoms with Gasteiger partial charge in [0.2, 0.25) is 0 Å². The number of hydrogen-bond acceptors (Lipinski definition) is 5. The maximum absolute atomic E-state index is 14.8. The molecule has 3 amide bonds. The van der Waals surface area contributed by atoms with Crippen LogP contribution in [0.3, 0.4) is 0 Å². The van der Waals surface area contributed by atoms with Crippen molar-refractivity contribution in [3.8, 4) is 5.75 Å². The molecule has 1 atom stereocenters. The van der Waals surface area contributed by atoms with Gasteiger partial charge in [-0.15, -0.1) is 0 Å². The largest absolute Gasteiger partial charge is 0.497 e. The second kappa shape index (κ2) is 11.3. The summed E-state index contributed by atoms with van der Waals surface area (Å²) in [7, 11) is 3.10. The molecule has 0 fully saturated rings. The zero-order chi connectivity index (χ0) is 25.6. The van der Waals surface area contributed by atoms with Crippen LogP contribution in [0.2, 0.25) is 0 Å². The smallest absolute Gasteiger partial charge is 0.318 e. The van der Waals surface area contributed by atoms with Crippen molar-refractivity contribution in [1.82, 2.24) is 15.2 Å². The average Bonchev–Trinajstić information content (AvgIpc) is 3.26. The molecule has 3 rings (SSSR count). The van der Waals surface area contributed by atoms with Gasteiger partial charge in [0.25, 0.3) is 5.91 Å².